The van der Waals surface area contributed by atoms with Crippen LogP contribution in [0.5, 0.6) is 5.75 Å². The topological polar surface area (TPSA) is 81.9 Å². The summed E-state index contributed by atoms with van der Waals surface area (Å²) in [5.41, 5.74) is -3.79. The molecule has 1 saturated carbocycles. The Bertz CT molecular complexity index is 1300. The molecule has 0 bridgehead atoms. The van der Waals surface area contributed by atoms with Gasteiger partial charge in [-0.1, -0.05) is 0 Å². The van der Waals surface area contributed by atoms with Crippen molar-refractivity contribution in [1.82, 2.24) is 9.88 Å². The van der Waals surface area contributed by atoms with Crippen LogP contribution in [-0.2, 0) is 15.7 Å². The van der Waals surface area contributed by atoms with Crippen LogP contribution < -0.4 is 14.5 Å². The Morgan fingerprint density at radius 3 is 2.55 bits per heavy atom. The Balaban J connectivity index is 1.43. The van der Waals surface area contributed by atoms with Crippen LogP contribution in [0.2, 0.25) is 0 Å². The first-order chi connectivity index (χ1) is 18.2. The maximum atomic E-state index is 15.1. The molecule has 13 heteroatoms. The predicted octanol–water partition coefficient (Wildman–Crippen LogP) is 3.88. The van der Waals surface area contributed by atoms with Crippen LogP contribution in [0.1, 0.15) is 30.5 Å². The van der Waals surface area contributed by atoms with Gasteiger partial charge in [-0.25, -0.2) is 9.37 Å². The molecule has 0 N–H and O–H groups in total. The van der Waals surface area contributed by atoms with Gasteiger partial charge < -0.3 is 14.4 Å². The molecule has 3 fully saturated rings. The van der Waals surface area contributed by atoms with E-state index in [0.717, 1.165) is 30.3 Å². The van der Waals surface area contributed by atoms with Gasteiger partial charge in [0.1, 0.15) is 23.8 Å². The van der Waals surface area contributed by atoms with Gasteiger partial charge in [-0.15, -0.1) is 0 Å². The number of rotatable bonds is 6. The molecule has 1 aliphatic carbocycles. The fourth-order valence-corrected chi connectivity index (χ4v) is 5.51. The molecule has 0 radical (unpaired) electrons. The van der Waals surface area contributed by atoms with Crippen molar-refractivity contribution in [2.45, 2.75) is 31.0 Å². The Morgan fingerprint density at radius 1 is 1.21 bits per heavy atom. The number of carbonyl (C=O) groups excluding carboxylic acids is 1. The first-order valence-electron chi connectivity index (χ1n) is 12.0. The quantitative estimate of drug-likeness (QED) is 0.397. The number of aromatic nitrogens is 1. The van der Waals surface area contributed by atoms with E-state index in [1.165, 1.54) is 29.2 Å². The van der Waals surface area contributed by atoms with Gasteiger partial charge in [0.25, 0.3) is 5.91 Å². The zero-order valence-electron chi connectivity index (χ0n) is 20.1. The Labute approximate surface area is 221 Å². The molecule has 2 aliphatic heterocycles. The predicted molar refractivity (Wildman–Crippen MR) is 132 cm³/mol. The molecule has 1 aromatic carbocycles. The molecule has 3 aliphatic rings. The molecule has 2 saturated heterocycles. The van der Waals surface area contributed by atoms with Crippen molar-refractivity contribution >= 4 is 34.6 Å². The lowest BCUT2D eigenvalue weighted by Gasteiger charge is -2.43. The second-order valence-electron chi connectivity index (χ2n) is 9.22. The highest BCUT2D eigenvalue weighted by atomic mass is 32.1. The van der Waals surface area contributed by atoms with E-state index in [0.29, 0.717) is 39.0 Å². The van der Waals surface area contributed by atoms with E-state index < -0.39 is 40.4 Å². The molecule has 0 atom stereocenters. The third-order valence-corrected chi connectivity index (χ3v) is 7.46. The van der Waals surface area contributed by atoms with E-state index in [2.05, 4.69) is 9.88 Å². The number of nitrogens with zero attached hydrogens (tertiary/aromatic N) is 5. The normalized spacial score (nSPS) is 19.6. The summed E-state index contributed by atoms with van der Waals surface area (Å²) in [6.45, 7) is 3.68. The van der Waals surface area contributed by atoms with Crippen molar-refractivity contribution in [2.24, 2.45) is 0 Å². The highest BCUT2D eigenvalue weighted by molar-refractivity contribution is 7.81. The van der Waals surface area contributed by atoms with Crippen LogP contribution in [-0.4, -0.2) is 65.9 Å². The average molecular weight is 550 g/mol. The van der Waals surface area contributed by atoms with Crippen LogP contribution in [0.3, 0.4) is 0 Å². The number of halogens is 4. The van der Waals surface area contributed by atoms with Crippen molar-refractivity contribution in [1.29, 1.82) is 5.26 Å². The fourth-order valence-electron chi connectivity index (χ4n) is 5.05. The number of anilines is 2. The van der Waals surface area contributed by atoms with Gasteiger partial charge in [-0.2, -0.15) is 18.4 Å². The maximum absolute atomic E-state index is 15.1. The molecule has 1 spiro atoms. The zero-order chi connectivity index (χ0) is 27.1. The van der Waals surface area contributed by atoms with Gasteiger partial charge in [0.15, 0.2) is 22.4 Å². The minimum Gasteiger partial charge on any atom is -0.489 e. The van der Waals surface area contributed by atoms with E-state index in [1.807, 2.05) is 0 Å². The van der Waals surface area contributed by atoms with Crippen LogP contribution in [0.4, 0.5) is 28.9 Å². The van der Waals surface area contributed by atoms with Gasteiger partial charge in [0.2, 0.25) is 0 Å². The lowest BCUT2D eigenvalue weighted by Crippen LogP contribution is -2.55. The third kappa shape index (κ3) is 4.46. The molecule has 0 unspecified atom stereocenters. The zero-order valence-corrected chi connectivity index (χ0v) is 20.9. The number of amides is 1. The fraction of sp³-hybridized carbons (Fsp3) is 0.440. The third-order valence-electron chi connectivity index (χ3n) is 7.09. The van der Waals surface area contributed by atoms with E-state index in [-0.39, 0.29) is 23.2 Å². The number of hydrogen-bond acceptors (Lipinski definition) is 7. The molecule has 1 aromatic heterocycles. The molecule has 5 rings (SSSR count). The van der Waals surface area contributed by atoms with E-state index in [1.54, 1.807) is 0 Å². The van der Waals surface area contributed by atoms with E-state index in [9.17, 15) is 23.2 Å². The molecule has 2 aromatic rings. The molecule has 38 heavy (non-hydrogen) atoms. The summed E-state index contributed by atoms with van der Waals surface area (Å²) >= 11 is 5.52. The summed E-state index contributed by atoms with van der Waals surface area (Å²) in [6, 6.07) is 6.58. The van der Waals surface area contributed by atoms with Crippen molar-refractivity contribution in [2.75, 3.05) is 49.3 Å². The van der Waals surface area contributed by atoms with Gasteiger partial charge >= 0.3 is 6.18 Å². The Kier molecular flexibility index (Phi) is 6.97. The average Bonchev–Trinajstić information content (AvgIpc) is 3.11. The first kappa shape index (κ1) is 26.3. The molecule has 200 valence electrons. The summed E-state index contributed by atoms with van der Waals surface area (Å²) < 4.78 is 67.9. The number of pyridine rings is 1. The number of thiocarbonyl (C=S) groups is 1. The monoisotopic (exact) mass is 549 g/mol. The van der Waals surface area contributed by atoms with Gasteiger partial charge in [-0.05, 0) is 49.7 Å². The molecular formula is C25H23F4N5O3S. The molecule has 8 nitrogen and oxygen atoms in total. The second kappa shape index (κ2) is 10.1. The second-order valence-corrected chi connectivity index (χ2v) is 9.59. The largest absolute Gasteiger partial charge is 0.489 e. The summed E-state index contributed by atoms with van der Waals surface area (Å²) in [4.78, 5) is 21.5. The number of carbonyl (C=O) groups is 1. The van der Waals surface area contributed by atoms with Crippen LogP contribution in [0.15, 0.2) is 30.5 Å². The minimum atomic E-state index is -4.96. The maximum Gasteiger partial charge on any atom is 0.421 e. The molecule has 3 heterocycles. The minimum absolute atomic E-state index is 0.0186. The number of nitriles is 1. The Morgan fingerprint density at radius 2 is 1.95 bits per heavy atom. The number of benzene rings is 1. The number of ether oxygens (including phenoxy) is 2. The summed E-state index contributed by atoms with van der Waals surface area (Å²) in [7, 11) is 0. The van der Waals surface area contributed by atoms with Crippen LogP contribution >= 0.6 is 12.2 Å². The number of morpholine rings is 1. The van der Waals surface area contributed by atoms with Crippen molar-refractivity contribution in [3.8, 4) is 11.8 Å². The summed E-state index contributed by atoms with van der Waals surface area (Å²) in [6.07, 6.45) is -2.62. The number of alkyl halides is 3. The molecular weight excluding hydrogens is 526 g/mol. The van der Waals surface area contributed by atoms with Crippen LogP contribution in [0, 0.1) is 17.1 Å². The van der Waals surface area contributed by atoms with Gasteiger partial charge in [-0.3, -0.25) is 14.6 Å². The molecule has 1 amide bonds. The lowest BCUT2D eigenvalue weighted by molar-refractivity contribution is -0.137. The van der Waals surface area contributed by atoms with E-state index in [4.69, 9.17) is 21.7 Å². The summed E-state index contributed by atoms with van der Waals surface area (Å²) in [5, 5.41) is 9.02. The standard InChI is InChI=1S/C25H23F4N5O3S/c26-17-14-16(2-3-20(17)37-13-10-32-8-11-36-12-9-32)34-23(38)33(22(35)24(34)5-1-6-24)19-4-7-31-18(15-30)21(19)25(27,28)29/h2-4,7,14H,1,5-6,8-13H2. The lowest BCUT2D eigenvalue weighted by atomic mass is 9.75. The van der Waals surface area contributed by atoms with Crippen LogP contribution in [0.25, 0.3) is 0 Å². The van der Waals surface area contributed by atoms with E-state index >= 15 is 4.39 Å². The SMILES string of the molecule is N#Cc1nccc(N2C(=O)C3(CCC3)N(c3ccc(OCCN4CCOCC4)c(F)c3)C2=S)c1C(F)(F)F. The van der Waals surface area contributed by atoms with Gasteiger partial charge in [0.05, 0.1) is 18.9 Å². The van der Waals surface area contributed by atoms with Crippen molar-refractivity contribution < 1.29 is 31.8 Å². The van der Waals surface area contributed by atoms with Crippen molar-refractivity contribution in [3.63, 3.8) is 0 Å². The number of hydrogen-bond donors (Lipinski definition) is 0. The highest BCUT2D eigenvalue weighted by Gasteiger charge is 2.60. The first-order valence-corrected chi connectivity index (χ1v) is 12.5. The van der Waals surface area contributed by atoms with Gasteiger partial charge in [0, 0.05) is 37.6 Å². The highest BCUT2D eigenvalue weighted by Crippen LogP contribution is 2.50. The Hall–Kier alpha value is -3.34. The smallest absolute Gasteiger partial charge is 0.421 e. The summed E-state index contributed by atoms with van der Waals surface area (Å²) in [5.74, 6) is -1.31. The van der Waals surface area contributed by atoms with Crippen molar-refractivity contribution in [3.05, 3.63) is 47.5 Å².